The van der Waals surface area contributed by atoms with Gasteiger partial charge in [-0.3, -0.25) is 9.59 Å². The Balaban J connectivity index is 1.55. The van der Waals surface area contributed by atoms with Crippen molar-refractivity contribution < 1.29 is 14.3 Å². The number of rotatable bonds is 6. The van der Waals surface area contributed by atoms with Crippen LogP contribution in [0.4, 0.5) is 11.4 Å². The Morgan fingerprint density at radius 2 is 1.57 bits per heavy atom. The summed E-state index contributed by atoms with van der Waals surface area (Å²) in [5.41, 5.74) is 2.69. The molecule has 2 amide bonds. The predicted molar refractivity (Wildman–Crippen MR) is 116 cm³/mol. The van der Waals surface area contributed by atoms with Gasteiger partial charge in [-0.15, -0.1) is 0 Å². The topological polar surface area (TPSA) is 91.2 Å². The van der Waals surface area contributed by atoms with Gasteiger partial charge in [0, 0.05) is 24.4 Å². The second-order valence-electron chi connectivity index (χ2n) is 6.39. The third kappa shape index (κ3) is 6.08. The van der Waals surface area contributed by atoms with Crippen molar-refractivity contribution in [3.63, 3.8) is 0 Å². The molecule has 0 bridgehead atoms. The van der Waals surface area contributed by atoms with Crippen LogP contribution in [0, 0.1) is 11.3 Å². The minimum Gasteiger partial charge on any atom is -0.457 e. The Kier molecular flexibility index (Phi) is 6.59. The van der Waals surface area contributed by atoms with Gasteiger partial charge in [-0.05, 0) is 66.2 Å². The lowest BCUT2D eigenvalue weighted by Crippen LogP contribution is -2.07. The Hall–Kier alpha value is -4.37. The van der Waals surface area contributed by atoms with Gasteiger partial charge >= 0.3 is 0 Å². The molecule has 0 spiro atoms. The summed E-state index contributed by atoms with van der Waals surface area (Å²) in [6, 6.07) is 23.0. The van der Waals surface area contributed by atoms with Crippen LogP contribution in [0.5, 0.6) is 11.5 Å². The monoisotopic (exact) mass is 397 g/mol. The van der Waals surface area contributed by atoms with E-state index in [4.69, 9.17) is 10.00 Å². The van der Waals surface area contributed by atoms with E-state index in [1.54, 1.807) is 66.7 Å². The summed E-state index contributed by atoms with van der Waals surface area (Å²) in [7, 11) is 0. The van der Waals surface area contributed by atoms with Gasteiger partial charge in [0.25, 0.3) is 0 Å². The smallest absolute Gasteiger partial charge is 0.248 e. The molecule has 0 aliphatic rings. The lowest BCUT2D eigenvalue weighted by Gasteiger charge is -2.07. The summed E-state index contributed by atoms with van der Waals surface area (Å²) >= 11 is 0. The molecule has 6 nitrogen and oxygen atoms in total. The molecule has 0 aliphatic heterocycles. The Bertz CT molecular complexity index is 1110. The van der Waals surface area contributed by atoms with Gasteiger partial charge in [-0.25, -0.2) is 0 Å². The van der Waals surface area contributed by atoms with Crippen LogP contribution in [0.2, 0.25) is 0 Å². The fourth-order valence-corrected chi connectivity index (χ4v) is 2.61. The van der Waals surface area contributed by atoms with Crippen LogP contribution in [0.3, 0.4) is 0 Å². The van der Waals surface area contributed by atoms with Gasteiger partial charge in [0.1, 0.15) is 11.5 Å². The van der Waals surface area contributed by atoms with Crippen LogP contribution in [0.1, 0.15) is 18.1 Å². The highest BCUT2D eigenvalue weighted by Crippen LogP contribution is 2.23. The SMILES string of the molecule is CC(=O)Nc1ccc(C=CC(=O)Nc2ccc(Oc3cccc(C#N)c3)cc2)cc1. The maximum absolute atomic E-state index is 12.1. The van der Waals surface area contributed by atoms with Crippen molar-refractivity contribution in [1.82, 2.24) is 0 Å². The van der Waals surface area contributed by atoms with Gasteiger partial charge in [-0.2, -0.15) is 5.26 Å². The van der Waals surface area contributed by atoms with Crippen LogP contribution in [0.15, 0.2) is 78.9 Å². The molecule has 3 aromatic rings. The highest BCUT2D eigenvalue weighted by atomic mass is 16.5. The molecule has 3 rings (SSSR count). The molecule has 0 unspecified atom stereocenters. The van der Waals surface area contributed by atoms with Crippen LogP contribution in [0.25, 0.3) is 6.08 Å². The zero-order chi connectivity index (χ0) is 21.3. The van der Waals surface area contributed by atoms with Crippen molar-refractivity contribution in [3.8, 4) is 17.6 Å². The van der Waals surface area contributed by atoms with Gasteiger partial charge in [-0.1, -0.05) is 18.2 Å². The third-order valence-electron chi connectivity index (χ3n) is 3.98. The molecule has 0 fully saturated rings. The first-order valence-electron chi connectivity index (χ1n) is 9.16. The van der Waals surface area contributed by atoms with Crippen molar-refractivity contribution in [2.75, 3.05) is 10.6 Å². The lowest BCUT2D eigenvalue weighted by atomic mass is 10.2. The average Bonchev–Trinajstić information content (AvgIpc) is 2.74. The summed E-state index contributed by atoms with van der Waals surface area (Å²) in [6.45, 7) is 1.45. The fourth-order valence-electron chi connectivity index (χ4n) is 2.61. The first-order chi connectivity index (χ1) is 14.5. The summed E-state index contributed by atoms with van der Waals surface area (Å²) in [6.07, 6.45) is 3.12. The fraction of sp³-hybridized carbons (Fsp3) is 0.0417. The molecule has 6 heteroatoms. The summed E-state index contributed by atoms with van der Waals surface area (Å²) in [5.74, 6) is 0.761. The molecule has 0 radical (unpaired) electrons. The molecule has 0 atom stereocenters. The molecule has 3 aromatic carbocycles. The number of carbonyl (C=O) groups excluding carboxylic acids is 2. The number of ether oxygens (including phenoxy) is 1. The normalized spacial score (nSPS) is 10.3. The van der Waals surface area contributed by atoms with E-state index in [1.165, 1.54) is 13.0 Å². The van der Waals surface area contributed by atoms with E-state index in [0.29, 0.717) is 28.4 Å². The molecule has 0 aromatic heterocycles. The zero-order valence-corrected chi connectivity index (χ0v) is 16.3. The van der Waals surface area contributed by atoms with E-state index in [0.717, 1.165) is 5.56 Å². The number of nitrogens with zero attached hydrogens (tertiary/aromatic N) is 1. The van der Waals surface area contributed by atoms with Crippen molar-refractivity contribution in [2.45, 2.75) is 6.92 Å². The van der Waals surface area contributed by atoms with Crippen LogP contribution < -0.4 is 15.4 Å². The van der Waals surface area contributed by atoms with E-state index in [-0.39, 0.29) is 11.8 Å². The Morgan fingerprint density at radius 1 is 0.900 bits per heavy atom. The van der Waals surface area contributed by atoms with E-state index in [1.807, 2.05) is 12.1 Å². The largest absolute Gasteiger partial charge is 0.457 e. The second-order valence-corrected chi connectivity index (χ2v) is 6.39. The molecule has 0 saturated carbocycles. The molecule has 0 heterocycles. The van der Waals surface area contributed by atoms with Crippen LogP contribution >= 0.6 is 0 Å². The quantitative estimate of drug-likeness (QED) is 0.575. The highest BCUT2D eigenvalue weighted by Gasteiger charge is 2.02. The predicted octanol–water partition coefficient (Wildman–Crippen LogP) is 4.96. The maximum atomic E-state index is 12.1. The lowest BCUT2D eigenvalue weighted by molar-refractivity contribution is -0.114. The van der Waals surface area contributed by atoms with E-state index in [2.05, 4.69) is 16.7 Å². The number of hydrogen-bond donors (Lipinski definition) is 2. The average molecular weight is 397 g/mol. The number of carbonyl (C=O) groups is 2. The van der Waals surface area contributed by atoms with E-state index in [9.17, 15) is 9.59 Å². The van der Waals surface area contributed by atoms with Crippen LogP contribution in [-0.2, 0) is 9.59 Å². The maximum Gasteiger partial charge on any atom is 0.248 e. The summed E-state index contributed by atoms with van der Waals surface area (Å²) in [5, 5.41) is 14.4. The minimum atomic E-state index is -0.267. The van der Waals surface area contributed by atoms with E-state index >= 15 is 0 Å². The first-order valence-corrected chi connectivity index (χ1v) is 9.16. The molecule has 0 aliphatic carbocycles. The third-order valence-corrected chi connectivity index (χ3v) is 3.98. The number of nitriles is 1. The molecule has 148 valence electrons. The van der Waals surface area contributed by atoms with Gasteiger partial charge in [0.05, 0.1) is 11.6 Å². The number of anilines is 2. The Morgan fingerprint density at radius 3 is 2.23 bits per heavy atom. The van der Waals surface area contributed by atoms with Gasteiger partial charge < -0.3 is 15.4 Å². The standard InChI is InChI=1S/C24H19N3O3/c1-17(28)26-20-8-5-18(6-9-20)7-14-24(29)27-21-10-12-22(13-11-21)30-23-4-2-3-19(15-23)16-25/h2-15H,1H3,(H,26,28)(H,27,29). The van der Waals surface area contributed by atoms with Crippen molar-refractivity contribution in [2.24, 2.45) is 0 Å². The number of benzene rings is 3. The van der Waals surface area contributed by atoms with Crippen molar-refractivity contribution in [1.29, 1.82) is 5.26 Å². The molecular weight excluding hydrogens is 378 g/mol. The summed E-state index contributed by atoms with van der Waals surface area (Å²) < 4.78 is 5.72. The minimum absolute atomic E-state index is 0.134. The molecule has 2 N–H and O–H groups in total. The van der Waals surface area contributed by atoms with Gasteiger partial charge in [0.15, 0.2) is 0 Å². The van der Waals surface area contributed by atoms with Gasteiger partial charge in [0.2, 0.25) is 11.8 Å². The molecular formula is C24H19N3O3. The number of amides is 2. The van der Waals surface area contributed by atoms with Crippen LogP contribution in [-0.4, -0.2) is 11.8 Å². The first kappa shape index (κ1) is 20.4. The number of nitrogens with one attached hydrogen (secondary N) is 2. The zero-order valence-electron chi connectivity index (χ0n) is 16.3. The second kappa shape index (κ2) is 9.71. The number of hydrogen-bond acceptors (Lipinski definition) is 4. The highest BCUT2D eigenvalue weighted by molar-refractivity contribution is 6.02. The molecule has 0 saturated heterocycles. The van der Waals surface area contributed by atoms with Crippen molar-refractivity contribution in [3.05, 3.63) is 90.0 Å². The van der Waals surface area contributed by atoms with Crippen molar-refractivity contribution >= 4 is 29.3 Å². The summed E-state index contributed by atoms with van der Waals surface area (Å²) in [4.78, 5) is 23.2. The van der Waals surface area contributed by atoms with E-state index < -0.39 is 0 Å². The molecule has 30 heavy (non-hydrogen) atoms. The Labute approximate surface area is 174 Å².